The summed E-state index contributed by atoms with van der Waals surface area (Å²) in [5.41, 5.74) is 2.48. The molecule has 5 nitrogen and oxygen atoms in total. The van der Waals surface area contributed by atoms with Crippen LogP contribution in [0.3, 0.4) is 0 Å². The quantitative estimate of drug-likeness (QED) is 0.850. The molecule has 1 heterocycles. The van der Waals surface area contributed by atoms with Gasteiger partial charge in [-0.25, -0.2) is 0 Å². The zero-order chi connectivity index (χ0) is 15.1. The SMILES string of the molecule is COCCN(CCC#N)C(=O)C1Cc2ccccc2CN1. The zero-order valence-electron chi connectivity index (χ0n) is 12.3. The smallest absolute Gasteiger partial charge is 0.240 e. The van der Waals surface area contributed by atoms with Crippen LogP contribution in [0.2, 0.25) is 0 Å². The molecule has 1 aliphatic heterocycles. The molecule has 0 radical (unpaired) electrons. The van der Waals surface area contributed by atoms with Crippen molar-refractivity contribution in [3.63, 3.8) is 0 Å². The van der Waals surface area contributed by atoms with Crippen molar-refractivity contribution in [1.29, 1.82) is 5.26 Å². The van der Waals surface area contributed by atoms with Crippen molar-refractivity contribution in [2.24, 2.45) is 0 Å². The normalized spacial score (nSPS) is 16.9. The Morgan fingerprint density at radius 3 is 2.90 bits per heavy atom. The summed E-state index contributed by atoms with van der Waals surface area (Å²) in [7, 11) is 1.61. The van der Waals surface area contributed by atoms with Crippen LogP contribution in [-0.2, 0) is 22.5 Å². The highest BCUT2D eigenvalue weighted by atomic mass is 16.5. The second-order valence-electron chi connectivity index (χ2n) is 5.13. The molecule has 2 rings (SSSR count). The van der Waals surface area contributed by atoms with Crippen molar-refractivity contribution in [3.05, 3.63) is 35.4 Å². The third-order valence-corrected chi connectivity index (χ3v) is 3.75. The van der Waals surface area contributed by atoms with E-state index in [1.807, 2.05) is 12.1 Å². The molecule has 0 fully saturated rings. The number of nitriles is 1. The van der Waals surface area contributed by atoms with Gasteiger partial charge >= 0.3 is 0 Å². The molecular formula is C16H21N3O2. The minimum absolute atomic E-state index is 0.0526. The van der Waals surface area contributed by atoms with E-state index in [4.69, 9.17) is 10.00 Å². The molecule has 1 unspecified atom stereocenters. The highest BCUT2D eigenvalue weighted by molar-refractivity contribution is 5.82. The van der Waals surface area contributed by atoms with E-state index < -0.39 is 0 Å². The number of ether oxygens (including phenoxy) is 1. The molecule has 1 atom stereocenters. The fourth-order valence-electron chi connectivity index (χ4n) is 2.57. The summed E-state index contributed by atoms with van der Waals surface area (Å²) in [5, 5.41) is 12.0. The number of carbonyl (C=O) groups excluding carboxylic acids is 1. The lowest BCUT2D eigenvalue weighted by Crippen LogP contribution is -2.50. The molecule has 0 bridgehead atoms. The highest BCUT2D eigenvalue weighted by Gasteiger charge is 2.27. The van der Waals surface area contributed by atoms with Crippen LogP contribution in [-0.4, -0.2) is 43.7 Å². The number of nitrogens with zero attached hydrogens (tertiary/aromatic N) is 2. The van der Waals surface area contributed by atoms with E-state index in [2.05, 4.69) is 23.5 Å². The maximum absolute atomic E-state index is 12.6. The van der Waals surface area contributed by atoms with Gasteiger partial charge in [-0.2, -0.15) is 5.26 Å². The van der Waals surface area contributed by atoms with Gasteiger partial charge in [0.2, 0.25) is 5.91 Å². The van der Waals surface area contributed by atoms with Gasteiger partial charge in [-0.1, -0.05) is 24.3 Å². The van der Waals surface area contributed by atoms with E-state index in [1.165, 1.54) is 11.1 Å². The molecule has 0 saturated heterocycles. The topological polar surface area (TPSA) is 65.4 Å². The van der Waals surface area contributed by atoms with Gasteiger partial charge in [0, 0.05) is 26.7 Å². The average Bonchev–Trinajstić information content (AvgIpc) is 2.54. The van der Waals surface area contributed by atoms with Crippen LogP contribution in [0.5, 0.6) is 0 Å². The van der Waals surface area contributed by atoms with E-state index in [-0.39, 0.29) is 11.9 Å². The van der Waals surface area contributed by atoms with Gasteiger partial charge in [0.1, 0.15) is 0 Å². The van der Waals surface area contributed by atoms with E-state index in [0.717, 1.165) is 0 Å². The van der Waals surface area contributed by atoms with Crippen LogP contribution in [0.15, 0.2) is 24.3 Å². The Bertz CT molecular complexity index is 524. The average molecular weight is 287 g/mol. The molecule has 1 aliphatic rings. The molecule has 0 aromatic heterocycles. The van der Waals surface area contributed by atoms with Crippen LogP contribution in [0.1, 0.15) is 17.5 Å². The second kappa shape index (κ2) is 7.77. The molecule has 0 aliphatic carbocycles. The van der Waals surface area contributed by atoms with Gasteiger partial charge in [-0.3, -0.25) is 4.79 Å². The third-order valence-electron chi connectivity index (χ3n) is 3.75. The molecule has 1 amide bonds. The van der Waals surface area contributed by atoms with Gasteiger partial charge in [0.05, 0.1) is 25.1 Å². The van der Waals surface area contributed by atoms with Crippen molar-refractivity contribution >= 4 is 5.91 Å². The molecule has 1 N–H and O–H groups in total. The van der Waals surface area contributed by atoms with Crippen LogP contribution >= 0.6 is 0 Å². The summed E-state index contributed by atoms with van der Waals surface area (Å²) in [4.78, 5) is 14.3. The molecule has 112 valence electrons. The van der Waals surface area contributed by atoms with Crippen molar-refractivity contribution in [1.82, 2.24) is 10.2 Å². The van der Waals surface area contributed by atoms with Crippen molar-refractivity contribution in [2.45, 2.75) is 25.4 Å². The lowest BCUT2D eigenvalue weighted by molar-refractivity contribution is -0.134. The summed E-state index contributed by atoms with van der Waals surface area (Å²) in [6.45, 7) is 2.18. The minimum atomic E-state index is -0.213. The van der Waals surface area contributed by atoms with E-state index >= 15 is 0 Å². The number of hydrogen-bond donors (Lipinski definition) is 1. The molecular weight excluding hydrogens is 266 g/mol. The number of nitrogens with one attached hydrogen (secondary N) is 1. The number of hydrogen-bond acceptors (Lipinski definition) is 4. The first-order valence-electron chi connectivity index (χ1n) is 7.21. The number of amides is 1. The number of fused-ring (bicyclic) bond motifs is 1. The third kappa shape index (κ3) is 4.03. The van der Waals surface area contributed by atoms with Crippen molar-refractivity contribution < 1.29 is 9.53 Å². The Balaban J connectivity index is 2.02. The first-order chi connectivity index (χ1) is 10.3. The summed E-state index contributed by atoms with van der Waals surface area (Å²) < 4.78 is 5.05. The standard InChI is InChI=1S/C16H21N3O2/c1-21-10-9-19(8-4-7-17)16(20)15-11-13-5-2-3-6-14(13)12-18-15/h2-3,5-6,15,18H,4,8-12H2,1H3. The van der Waals surface area contributed by atoms with Gasteiger partial charge in [-0.15, -0.1) is 0 Å². The molecule has 21 heavy (non-hydrogen) atoms. The zero-order valence-corrected chi connectivity index (χ0v) is 12.3. The lowest BCUT2D eigenvalue weighted by Gasteiger charge is -2.30. The van der Waals surface area contributed by atoms with E-state index in [1.54, 1.807) is 12.0 Å². The Morgan fingerprint density at radius 2 is 2.19 bits per heavy atom. The van der Waals surface area contributed by atoms with Crippen molar-refractivity contribution in [2.75, 3.05) is 26.8 Å². The number of rotatable bonds is 6. The van der Waals surface area contributed by atoms with E-state index in [9.17, 15) is 4.79 Å². The van der Waals surface area contributed by atoms with Crippen LogP contribution in [0.25, 0.3) is 0 Å². The first-order valence-corrected chi connectivity index (χ1v) is 7.21. The summed E-state index contributed by atoms with van der Waals surface area (Å²) in [6.07, 6.45) is 1.05. The van der Waals surface area contributed by atoms with Gasteiger partial charge in [0.25, 0.3) is 0 Å². The Kier molecular flexibility index (Phi) is 5.73. The summed E-state index contributed by atoms with van der Waals surface area (Å²) >= 11 is 0. The number of methoxy groups -OCH3 is 1. The van der Waals surface area contributed by atoms with Gasteiger partial charge < -0.3 is 15.0 Å². The van der Waals surface area contributed by atoms with Gasteiger partial charge in [-0.05, 0) is 17.5 Å². The van der Waals surface area contributed by atoms with Gasteiger partial charge in [0.15, 0.2) is 0 Å². The Morgan fingerprint density at radius 1 is 1.43 bits per heavy atom. The minimum Gasteiger partial charge on any atom is -0.383 e. The molecule has 1 aromatic rings. The molecule has 5 heteroatoms. The number of carbonyl (C=O) groups is 1. The first kappa shape index (κ1) is 15.5. The predicted molar refractivity (Wildman–Crippen MR) is 79.5 cm³/mol. The van der Waals surface area contributed by atoms with Crippen LogP contribution in [0, 0.1) is 11.3 Å². The fourth-order valence-corrected chi connectivity index (χ4v) is 2.57. The lowest BCUT2D eigenvalue weighted by atomic mass is 9.95. The fraction of sp³-hybridized carbons (Fsp3) is 0.500. The highest BCUT2D eigenvalue weighted by Crippen LogP contribution is 2.17. The number of benzene rings is 1. The molecule has 0 saturated carbocycles. The van der Waals surface area contributed by atoms with E-state index in [0.29, 0.717) is 39.1 Å². The monoisotopic (exact) mass is 287 g/mol. The van der Waals surface area contributed by atoms with Crippen LogP contribution < -0.4 is 5.32 Å². The molecule has 0 spiro atoms. The Hall–Kier alpha value is -1.90. The Labute approximate surface area is 125 Å². The maximum Gasteiger partial charge on any atom is 0.240 e. The van der Waals surface area contributed by atoms with Crippen molar-refractivity contribution in [3.8, 4) is 6.07 Å². The second-order valence-corrected chi connectivity index (χ2v) is 5.13. The summed E-state index contributed by atoms with van der Waals surface area (Å²) in [5.74, 6) is 0.0526. The summed E-state index contributed by atoms with van der Waals surface area (Å²) in [6, 6.07) is 10.1. The predicted octanol–water partition coefficient (Wildman–Crippen LogP) is 1.09. The molecule has 1 aromatic carbocycles. The van der Waals surface area contributed by atoms with Crippen LogP contribution in [0.4, 0.5) is 0 Å². The maximum atomic E-state index is 12.6. The largest absolute Gasteiger partial charge is 0.383 e.